The minimum Gasteiger partial charge on any atom is -0.336 e. The molecule has 0 aliphatic heterocycles. The zero-order valence-electron chi connectivity index (χ0n) is 11.7. The third-order valence-electron chi connectivity index (χ3n) is 3.02. The first-order chi connectivity index (χ1) is 7.96. The number of carbonyl (C=O) groups excluding carboxylic acids is 1. The quantitative estimate of drug-likeness (QED) is 0.486. The second-order valence-corrected chi connectivity index (χ2v) is 4.21. The molecule has 1 atom stereocenters. The maximum atomic E-state index is 11.9. The Labute approximate surface area is 105 Å². The van der Waals surface area contributed by atoms with E-state index in [1.54, 1.807) is 11.8 Å². The van der Waals surface area contributed by atoms with Crippen molar-refractivity contribution in [3.8, 4) is 0 Å². The minimum absolute atomic E-state index is 0.0466. The molecule has 0 aliphatic rings. The molecule has 0 fully saturated rings. The number of carbonyl (C=O) groups is 1. The van der Waals surface area contributed by atoms with Crippen LogP contribution in [0.15, 0.2) is 12.7 Å². The number of methoxy groups -OCH3 is 2. The highest BCUT2D eigenvalue weighted by Gasteiger charge is 2.37. The first-order valence-corrected chi connectivity index (χ1v) is 6.02. The van der Waals surface area contributed by atoms with Crippen molar-refractivity contribution >= 4 is 5.91 Å². The SMILES string of the molecule is C=CC(=O)N(C(C)CCCC)C(C)(OC)OC. The minimum atomic E-state index is -1.04. The molecule has 0 bridgehead atoms. The summed E-state index contributed by atoms with van der Waals surface area (Å²) in [5.74, 6) is -1.22. The Bertz CT molecular complexity index is 249. The van der Waals surface area contributed by atoms with Gasteiger partial charge in [0.15, 0.2) is 0 Å². The average molecular weight is 243 g/mol. The lowest BCUT2D eigenvalue weighted by molar-refractivity contribution is -0.282. The lowest BCUT2D eigenvalue weighted by Crippen LogP contribution is -2.55. The van der Waals surface area contributed by atoms with Crippen LogP contribution in [0.5, 0.6) is 0 Å². The number of hydrogen-bond donors (Lipinski definition) is 0. The normalized spacial score (nSPS) is 13.2. The summed E-state index contributed by atoms with van der Waals surface area (Å²) < 4.78 is 10.6. The second kappa shape index (κ2) is 7.45. The molecule has 0 aromatic heterocycles. The van der Waals surface area contributed by atoms with E-state index in [1.807, 2.05) is 6.92 Å². The summed E-state index contributed by atoms with van der Waals surface area (Å²) in [5, 5.41) is 0. The van der Waals surface area contributed by atoms with E-state index >= 15 is 0 Å². The van der Waals surface area contributed by atoms with Gasteiger partial charge in [0.25, 0.3) is 5.91 Å². The first kappa shape index (κ1) is 16.1. The Hall–Kier alpha value is -0.870. The molecule has 100 valence electrons. The molecule has 0 saturated heterocycles. The van der Waals surface area contributed by atoms with Gasteiger partial charge in [0.2, 0.25) is 5.91 Å². The highest BCUT2D eigenvalue weighted by Crippen LogP contribution is 2.23. The lowest BCUT2D eigenvalue weighted by atomic mass is 10.1. The van der Waals surface area contributed by atoms with E-state index in [2.05, 4.69) is 13.5 Å². The fraction of sp³-hybridized carbons (Fsp3) is 0.769. The van der Waals surface area contributed by atoms with Crippen molar-refractivity contribution in [1.29, 1.82) is 0 Å². The van der Waals surface area contributed by atoms with Crippen LogP contribution in [0.2, 0.25) is 0 Å². The summed E-state index contributed by atoms with van der Waals surface area (Å²) in [6.07, 6.45) is 4.36. The van der Waals surface area contributed by atoms with Crippen molar-refractivity contribution in [2.24, 2.45) is 0 Å². The number of amides is 1. The van der Waals surface area contributed by atoms with Gasteiger partial charge in [-0.3, -0.25) is 9.69 Å². The van der Waals surface area contributed by atoms with E-state index in [9.17, 15) is 4.79 Å². The van der Waals surface area contributed by atoms with Crippen molar-refractivity contribution < 1.29 is 14.3 Å². The van der Waals surface area contributed by atoms with E-state index in [-0.39, 0.29) is 11.9 Å². The summed E-state index contributed by atoms with van der Waals surface area (Å²) >= 11 is 0. The van der Waals surface area contributed by atoms with Gasteiger partial charge in [-0.25, -0.2) is 0 Å². The highest BCUT2D eigenvalue weighted by atomic mass is 16.7. The lowest BCUT2D eigenvalue weighted by Gasteiger charge is -2.41. The van der Waals surface area contributed by atoms with Gasteiger partial charge in [-0.1, -0.05) is 26.3 Å². The molecule has 1 amide bonds. The van der Waals surface area contributed by atoms with Gasteiger partial charge in [0, 0.05) is 27.2 Å². The van der Waals surface area contributed by atoms with Gasteiger partial charge in [-0.15, -0.1) is 0 Å². The Balaban J connectivity index is 4.98. The van der Waals surface area contributed by atoms with E-state index in [0.717, 1.165) is 19.3 Å². The first-order valence-electron chi connectivity index (χ1n) is 6.02. The Morgan fingerprint density at radius 2 is 2.00 bits per heavy atom. The van der Waals surface area contributed by atoms with Gasteiger partial charge in [0.1, 0.15) is 0 Å². The molecular weight excluding hydrogens is 218 g/mol. The van der Waals surface area contributed by atoms with Crippen LogP contribution >= 0.6 is 0 Å². The summed E-state index contributed by atoms with van der Waals surface area (Å²) in [5.41, 5.74) is 0. The number of hydrogen-bond acceptors (Lipinski definition) is 3. The fourth-order valence-corrected chi connectivity index (χ4v) is 1.82. The number of rotatable bonds is 8. The average Bonchev–Trinajstić information content (AvgIpc) is 2.35. The van der Waals surface area contributed by atoms with Crippen LogP contribution in [0.4, 0.5) is 0 Å². The number of ether oxygens (including phenoxy) is 2. The smallest absolute Gasteiger partial charge is 0.250 e. The topological polar surface area (TPSA) is 38.8 Å². The Kier molecular flexibility index (Phi) is 7.07. The molecule has 0 rings (SSSR count). The van der Waals surface area contributed by atoms with Crippen molar-refractivity contribution in [2.75, 3.05) is 14.2 Å². The van der Waals surface area contributed by atoms with Gasteiger partial charge < -0.3 is 9.47 Å². The summed E-state index contributed by atoms with van der Waals surface area (Å²) in [6, 6.07) is 0.0466. The van der Waals surface area contributed by atoms with Crippen LogP contribution in [0.3, 0.4) is 0 Å². The Morgan fingerprint density at radius 1 is 1.47 bits per heavy atom. The molecule has 0 saturated carbocycles. The highest BCUT2D eigenvalue weighted by molar-refractivity contribution is 5.87. The number of nitrogens with zero attached hydrogens (tertiary/aromatic N) is 1. The monoisotopic (exact) mass is 243 g/mol. The maximum Gasteiger partial charge on any atom is 0.250 e. The van der Waals surface area contributed by atoms with Gasteiger partial charge in [-0.05, 0) is 19.4 Å². The van der Waals surface area contributed by atoms with Gasteiger partial charge in [0.05, 0.1) is 0 Å². The fourth-order valence-electron chi connectivity index (χ4n) is 1.82. The van der Waals surface area contributed by atoms with Crippen molar-refractivity contribution in [1.82, 2.24) is 4.90 Å². The molecule has 4 nitrogen and oxygen atoms in total. The third-order valence-corrected chi connectivity index (χ3v) is 3.02. The molecule has 0 N–H and O–H groups in total. The largest absolute Gasteiger partial charge is 0.336 e. The van der Waals surface area contributed by atoms with E-state index in [4.69, 9.17) is 9.47 Å². The molecule has 17 heavy (non-hydrogen) atoms. The predicted octanol–water partition coefficient (Wildman–Crippen LogP) is 2.55. The van der Waals surface area contributed by atoms with Crippen LogP contribution < -0.4 is 0 Å². The standard InChI is InChI=1S/C13H25NO3/c1-7-9-10-11(3)14(12(15)8-2)13(4,16-5)17-6/h8,11H,2,7,9-10H2,1,3-6H3. The molecular formula is C13H25NO3. The predicted molar refractivity (Wildman–Crippen MR) is 68.5 cm³/mol. The van der Waals surface area contributed by atoms with Crippen LogP contribution in [0.1, 0.15) is 40.0 Å². The van der Waals surface area contributed by atoms with Crippen LogP contribution in [-0.2, 0) is 14.3 Å². The van der Waals surface area contributed by atoms with Crippen LogP contribution in [0, 0.1) is 0 Å². The van der Waals surface area contributed by atoms with Crippen molar-refractivity contribution in [3.05, 3.63) is 12.7 Å². The Morgan fingerprint density at radius 3 is 2.35 bits per heavy atom. The molecule has 4 heteroatoms. The van der Waals surface area contributed by atoms with Gasteiger partial charge >= 0.3 is 0 Å². The molecule has 1 unspecified atom stereocenters. The molecule has 0 spiro atoms. The second-order valence-electron chi connectivity index (χ2n) is 4.21. The van der Waals surface area contributed by atoms with Crippen molar-refractivity contribution in [3.63, 3.8) is 0 Å². The van der Waals surface area contributed by atoms with E-state index in [1.165, 1.54) is 20.3 Å². The van der Waals surface area contributed by atoms with Crippen LogP contribution in [0.25, 0.3) is 0 Å². The summed E-state index contributed by atoms with van der Waals surface area (Å²) in [4.78, 5) is 13.5. The zero-order valence-corrected chi connectivity index (χ0v) is 11.7. The van der Waals surface area contributed by atoms with E-state index in [0.29, 0.717) is 0 Å². The van der Waals surface area contributed by atoms with E-state index < -0.39 is 5.91 Å². The zero-order chi connectivity index (χ0) is 13.5. The maximum absolute atomic E-state index is 11.9. The van der Waals surface area contributed by atoms with Crippen molar-refractivity contribution in [2.45, 2.75) is 52.0 Å². The summed E-state index contributed by atoms with van der Waals surface area (Å²) in [7, 11) is 3.05. The van der Waals surface area contributed by atoms with Crippen LogP contribution in [-0.4, -0.2) is 37.0 Å². The number of unbranched alkanes of at least 4 members (excludes halogenated alkanes) is 1. The molecule has 0 aromatic carbocycles. The molecule has 0 radical (unpaired) electrons. The molecule has 0 aromatic rings. The molecule has 0 aliphatic carbocycles. The molecule has 0 heterocycles. The summed E-state index contributed by atoms with van der Waals surface area (Å²) in [6.45, 7) is 9.37. The third kappa shape index (κ3) is 4.13. The van der Waals surface area contributed by atoms with Gasteiger partial charge in [-0.2, -0.15) is 0 Å².